The molecule has 0 aliphatic carbocycles. The van der Waals surface area contributed by atoms with Crippen LogP contribution in [0.15, 0.2) is 48.8 Å². The summed E-state index contributed by atoms with van der Waals surface area (Å²) >= 11 is 0. The fourth-order valence-electron chi connectivity index (χ4n) is 2.04. The molecule has 0 atom stereocenters. The van der Waals surface area contributed by atoms with E-state index in [2.05, 4.69) is 10.3 Å². The van der Waals surface area contributed by atoms with Gasteiger partial charge in [-0.2, -0.15) is 0 Å². The molecular weight excluding hydrogens is 295 g/mol. The minimum absolute atomic E-state index is 0.215. The predicted molar refractivity (Wildman–Crippen MR) is 88.6 cm³/mol. The normalized spacial score (nSPS) is 10.6. The maximum Gasteiger partial charge on any atom is 0.322 e. The predicted octanol–water partition coefficient (Wildman–Crippen LogP) is 2.82. The molecular formula is C17H21FN4O. The summed E-state index contributed by atoms with van der Waals surface area (Å²) in [6.07, 6.45) is 3.21. The molecule has 0 fully saturated rings. The highest BCUT2D eigenvalue weighted by atomic mass is 19.1. The number of urea groups is 1. The molecule has 0 unspecified atom stereocenters. The van der Waals surface area contributed by atoms with E-state index in [0.29, 0.717) is 24.3 Å². The summed E-state index contributed by atoms with van der Waals surface area (Å²) in [6, 6.07) is 9.73. The van der Waals surface area contributed by atoms with Gasteiger partial charge in [-0.15, -0.1) is 0 Å². The first-order valence-electron chi connectivity index (χ1n) is 7.40. The molecule has 5 nitrogen and oxygen atoms in total. The molecule has 0 aliphatic heterocycles. The molecule has 0 spiro atoms. The van der Waals surface area contributed by atoms with Crippen LogP contribution in [0.3, 0.4) is 0 Å². The lowest BCUT2D eigenvalue weighted by Gasteiger charge is -2.25. The molecule has 2 rings (SSSR count). The van der Waals surface area contributed by atoms with Crippen LogP contribution < -0.4 is 5.32 Å². The van der Waals surface area contributed by atoms with Crippen LogP contribution in [0.1, 0.15) is 5.56 Å². The molecule has 1 aromatic carbocycles. The van der Waals surface area contributed by atoms with Crippen molar-refractivity contribution in [3.05, 3.63) is 60.2 Å². The largest absolute Gasteiger partial charge is 0.322 e. The lowest BCUT2D eigenvalue weighted by Crippen LogP contribution is -2.39. The van der Waals surface area contributed by atoms with Crippen LogP contribution in [0.4, 0.5) is 14.9 Å². The van der Waals surface area contributed by atoms with Gasteiger partial charge < -0.3 is 15.1 Å². The van der Waals surface area contributed by atoms with Gasteiger partial charge in [0.15, 0.2) is 0 Å². The summed E-state index contributed by atoms with van der Waals surface area (Å²) in [4.78, 5) is 20.0. The average Bonchev–Trinajstić information content (AvgIpc) is 2.53. The maximum absolute atomic E-state index is 13.9. The van der Waals surface area contributed by atoms with Crippen molar-refractivity contribution < 1.29 is 9.18 Å². The molecule has 0 saturated carbocycles. The van der Waals surface area contributed by atoms with Gasteiger partial charge in [-0.3, -0.25) is 4.98 Å². The Hall–Kier alpha value is -2.47. The Kier molecular flexibility index (Phi) is 6.05. The number of hydrogen-bond donors (Lipinski definition) is 1. The molecule has 1 heterocycles. The van der Waals surface area contributed by atoms with Gasteiger partial charge in [-0.25, -0.2) is 9.18 Å². The third-order valence-corrected chi connectivity index (χ3v) is 3.34. The second-order valence-corrected chi connectivity index (χ2v) is 5.49. The number of hydrogen-bond acceptors (Lipinski definition) is 3. The van der Waals surface area contributed by atoms with Crippen molar-refractivity contribution in [2.75, 3.05) is 32.5 Å². The number of anilines is 1. The molecule has 1 N–H and O–H groups in total. The fourth-order valence-corrected chi connectivity index (χ4v) is 2.04. The molecule has 0 aliphatic rings. The topological polar surface area (TPSA) is 48.5 Å². The number of pyridine rings is 1. The van der Waals surface area contributed by atoms with Gasteiger partial charge in [0.2, 0.25) is 0 Å². The lowest BCUT2D eigenvalue weighted by molar-refractivity contribution is 0.201. The number of amides is 2. The van der Waals surface area contributed by atoms with Gasteiger partial charge in [0.05, 0.1) is 18.4 Å². The summed E-state index contributed by atoms with van der Waals surface area (Å²) in [5.74, 6) is -0.309. The van der Waals surface area contributed by atoms with E-state index in [0.717, 1.165) is 0 Å². The van der Waals surface area contributed by atoms with Crippen molar-refractivity contribution in [2.24, 2.45) is 0 Å². The summed E-state index contributed by atoms with van der Waals surface area (Å²) in [6.45, 7) is 1.40. The van der Waals surface area contributed by atoms with Crippen molar-refractivity contribution >= 4 is 11.7 Å². The SMILES string of the molecule is CN(C)CCN(Cc1ccccc1F)C(=O)Nc1cccnc1. The third-order valence-electron chi connectivity index (χ3n) is 3.34. The Morgan fingerprint density at radius 2 is 1.96 bits per heavy atom. The highest BCUT2D eigenvalue weighted by Gasteiger charge is 2.16. The summed E-state index contributed by atoms with van der Waals surface area (Å²) in [7, 11) is 3.86. The van der Waals surface area contributed by atoms with E-state index < -0.39 is 0 Å². The molecule has 0 saturated heterocycles. The smallest absolute Gasteiger partial charge is 0.319 e. The van der Waals surface area contributed by atoms with Crippen molar-refractivity contribution in [1.29, 1.82) is 0 Å². The van der Waals surface area contributed by atoms with Crippen molar-refractivity contribution in [3.8, 4) is 0 Å². The standard InChI is InChI=1S/C17H21FN4O/c1-21(2)10-11-22(13-14-6-3-4-8-16(14)18)17(23)20-15-7-5-9-19-12-15/h3-9,12H,10-11,13H2,1-2H3,(H,20,23). The Morgan fingerprint density at radius 1 is 1.17 bits per heavy atom. The van der Waals surface area contributed by atoms with E-state index in [1.54, 1.807) is 47.6 Å². The zero-order chi connectivity index (χ0) is 16.7. The first kappa shape index (κ1) is 16.9. The minimum atomic E-state index is -0.309. The molecule has 23 heavy (non-hydrogen) atoms. The van der Waals surface area contributed by atoms with E-state index in [1.165, 1.54) is 6.07 Å². The zero-order valence-electron chi connectivity index (χ0n) is 13.4. The molecule has 6 heteroatoms. The second kappa shape index (κ2) is 8.24. The van der Waals surface area contributed by atoms with E-state index >= 15 is 0 Å². The number of benzene rings is 1. The Balaban J connectivity index is 2.09. The molecule has 0 radical (unpaired) electrons. The zero-order valence-corrected chi connectivity index (χ0v) is 13.4. The van der Waals surface area contributed by atoms with Crippen LogP contribution in [0.2, 0.25) is 0 Å². The molecule has 0 bridgehead atoms. The van der Waals surface area contributed by atoms with E-state index in [9.17, 15) is 9.18 Å². The van der Waals surface area contributed by atoms with Crippen LogP contribution in [-0.2, 0) is 6.54 Å². The van der Waals surface area contributed by atoms with Gasteiger partial charge in [0, 0.05) is 24.8 Å². The minimum Gasteiger partial charge on any atom is -0.319 e. The summed E-state index contributed by atoms with van der Waals surface area (Å²) in [5, 5.41) is 2.79. The highest BCUT2D eigenvalue weighted by Crippen LogP contribution is 2.12. The number of nitrogens with one attached hydrogen (secondary N) is 1. The number of carbonyl (C=O) groups excluding carboxylic acids is 1. The first-order valence-corrected chi connectivity index (χ1v) is 7.40. The number of nitrogens with zero attached hydrogens (tertiary/aromatic N) is 3. The summed E-state index contributed by atoms with van der Waals surface area (Å²) < 4.78 is 13.9. The number of rotatable bonds is 6. The van der Waals surface area contributed by atoms with Crippen molar-refractivity contribution in [3.63, 3.8) is 0 Å². The van der Waals surface area contributed by atoms with Gasteiger partial charge >= 0.3 is 6.03 Å². The average molecular weight is 316 g/mol. The number of halogens is 1. The highest BCUT2D eigenvalue weighted by molar-refractivity contribution is 5.89. The number of likely N-dealkylation sites (N-methyl/N-ethyl adjacent to an activating group) is 1. The quantitative estimate of drug-likeness (QED) is 0.891. The Morgan fingerprint density at radius 3 is 2.61 bits per heavy atom. The third kappa shape index (κ3) is 5.34. The van der Waals surface area contributed by atoms with Crippen LogP contribution in [-0.4, -0.2) is 48.0 Å². The van der Waals surface area contributed by atoms with Crippen LogP contribution >= 0.6 is 0 Å². The first-order chi connectivity index (χ1) is 11.1. The number of aromatic nitrogens is 1. The van der Waals surface area contributed by atoms with Crippen molar-refractivity contribution in [2.45, 2.75) is 6.54 Å². The van der Waals surface area contributed by atoms with Gasteiger partial charge in [-0.1, -0.05) is 18.2 Å². The molecule has 1 aromatic heterocycles. The van der Waals surface area contributed by atoms with Gasteiger partial charge in [-0.05, 0) is 32.3 Å². The van der Waals surface area contributed by atoms with E-state index in [4.69, 9.17) is 0 Å². The fraction of sp³-hybridized carbons (Fsp3) is 0.294. The Labute approximate surface area is 135 Å². The van der Waals surface area contributed by atoms with Crippen molar-refractivity contribution in [1.82, 2.24) is 14.8 Å². The monoisotopic (exact) mass is 316 g/mol. The lowest BCUT2D eigenvalue weighted by atomic mass is 10.2. The maximum atomic E-state index is 13.9. The molecule has 122 valence electrons. The van der Waals surface area contributed by atoms with E-state index in [-0.39, 0.29) is 18.4 Å². The van der Waals surface area contributed by atoms with Gasteiger partial charge in [0.25, 0.3) is 0 Å². The molecule has 2 aromatic rings. The van der Waals surface area contributed by atoms with Gasteiger partial charge in [0.1, 0.15) is 5.82 Å². The second-order valence-electron chi connectivity index (χ2n) is 5.49. The van der Waals surface area contributed by atoms with Crippen LogP contribution in [0, 0.1) is 5.82 Å². The van der Waals surface area contributed by atoms with Crippen LogP contribution in [0.25, 0.3) is 0 Å². The summed E-state index contributed by atoms with van der Waals surface area (Å²) in [5.41, 5.74) is 1.11. The number of carbonyl (C=O) groups is 1. The Bertz CT molecular complexity index is 634. The van der Waals surface area contributed by atoms with Crippen LogP contribution in [0.5, 0.6) is 0 Å². The molecule has 2 amide bonds. The van der Waals surface area contributed by atoms with E-state index in [1.807, 2.05) is 19.0 Å².